The van der Waals surface area contributed by atoms with Crippen molar-refractivity contribution in [3.05, 3.63) is 24.0 Å². The Bertz CT molecular complexity index is 503. The molecule has 0 N–H and O–H groups in total. The number of nitriles is 2. The van der Waals surface area contributed by atoms with Gasteiger partial charge in [-0.25, -0.2) is 4.98 Å². The SMILES string of the molecule is CCCC(C#N)N1CCN(c2ccc(C#N)nc2)CC1. The second-order valence-corrected chi connectivity index (χ2v) is 4.97. The van der Waals surface area contributed by atoms with Gasteiger partial charge in [-0.05, 0) is 18.6 Å². The fraction of sp³-hybridized carbons (Fsp3) is 0.533. The number of pyridine rings is 1. The Morgan fingerprint density at radius 3 is 2.50 bits per heavy atom. The van der Waals surface area contributed by atoms with E-state index < -0.39 is 0 Å². The van der Waals surface area contributed by atoms with Gasteiger partial charge in [0.25, 0.3) is 0 Å². The zero-order chi connectivity index (χ0) is 14.4. The second kappa shape index (κ2) is 6.88. The second-order valence-electron chi connectivity index (χ2n) is 4.97. The Morgan fingerprint density at radius 2 is 2.00 bits per heavy atom. The van der Waals surface area contributed by atoms with E-state index in [2.05, 4.69) is 27.8 Å². The maximum absolute atomic E-state index is 9.20. The van der Waals surface area contributed by atoms with E-state index in [0.717, 1.165) is 44.7 Å². The number of anilines is 1. The van der Waals surface area contributed by atoms with Gasteiger partial charge in [-0.2, -0.15) is 10.5 Å². The highest BCUT2D eigenvalue weighted by Crippen LogP contribution is 2.17. The zero-order valence-electron chi connectivity index (χ0n) is 11.8. The molecule has 1 atom stereocenters. The summed E-state index contributed by atoms with van der Waals surface area (Å²) in [5.74, 6) is 0. The molecule has 2 heterocycles. The van der Waals surface area contributed by atoms with Crippen molar-refractivity contribution < 1.29 is 0 Å². The highest BCUT2D eigenvalue weighted by atomic mass is 15.3. The molecule has 1 saturated heterocycles. The van der Waals surface area contributed by atoms with E-state index in [4.69, 9.17) is 5.26 Å². The molecule has 1 unspecified atom stereocenters. The Labute approximate surface area is 120 Å². The Morgan fingerprint density at radius 1 is 1.25 bits per heavy atom. The van der Waals surface area contributed by atoms with Crippen molar-refractivity contribution in [2.45, 2.75) is 25.8 Å². The van der Waals surface area contributed by atoms with E-state index in [1.807, 2.05) is 12.1 Å². The fourth-order valence-corrected chi connectivity index (χ4v) is 2.53. The van der Waals surface area contributed by atoms with E-state index in [-0.39, 0.29) is 6.04 Å². The first-order valence-electron chi connectivity index (χ1n) is 7.03. The summed E-state index contributed by atoms with van der Waals surface area (Å²) in [6.07, 6.45) is 3.73. The molecule has 0 bridgehead atoms. The van der Waals surface area contributed by atoms with Crippen LogP contribution in [0.15, 0.2) is 18.3 Å². The molecule has 0 saturated carbocycles. The van der Waals surface area contributed by atoms with Crippen LogP contribution in [-0.4, -0.2) is 42.1 Å². The molecule has 1 aliphatic rings. The summed E-state index contributed by atoms with van der Waals surface area (Å²) in [6, 6.07) is 8.16. The number of piperazine rings is 1. The zero-order valence-corrected chi connectivity index (χ0v) is 11.8. The van der Waals surface area contributed by atoms with Crippen molar-refractivity contribution in [1.29, 1.82) is 10.5 Å². The Hall–Kier alpha value is -2.11. The first kappa shape index (κ1) is 14.3. The number of nitrogens with zero attached hydrogens (tertiary/aromatic N) is 5. The highest BCUT2D eigenvalue weighted by molar-refractivity contribution is 5.46. The molecule has 1 aliphatic heterocycles. The van der Waals surface area contributed by atoms with Gasteiger partial charge in [0.15, 0.2) is 0 Å². The van der Waals surface area contributed by atoms with Crippen LogP contribution in [0.1, 0.15) is 25.5 Å². The summed E-state index contributed by atoms with van der Waals surface area (Å²) in [5.41, 5.74) is 1.49. The molecule has 1 fully saturated rings. The standard InChI is InChI=1S/C15H19N5/c1-2-3-14(11-17)19-6-8-20(9-7-19)15-5-4-13(10-16)18-12-15/h4-5,12,14H,2-3,6-9H2,1H3. The van der Waals surface area contributed by atoms with Gasteiger partial charge < -0.3 is 4.90 Å². The molecule has 5 nitrogen and oxygen atoms in total. The quantitative estimate of drug-likeness (QED) is 0.833. The van der Waals surface area contributed by atoms with Crippen LogP contribution in [0.25, 0.3) is 0 Å². The van der Waals surface area contributed by atoms with E-state index >= 15 is 0 Å². The molecular formula is C15H19N5. The molecule has 0 spiro atoms. The van der Waals surface area contributed by atoms with Gasteiger partial charge in [0.1, 0.15) is 11.8 Å². The molecule has 0 radical (unpaired) electrons. The molecule has 5 heteroatoms. The lowest BCUT2D eigenvalue weighted by atomic mass is 10.1. The van der Waals surface area contributed by atoms with Crippen molar-refractivity contribution in [3.63, 3.8) is 0 Å². The minimum atomic E-state index is 0.0428. The fourth-order valence-electron chi connectivity index (χ4n) is 2.53. The minimum Gasteiger partial charge on any atom is -0.368 e. The molecule has 1 aromatic rings. The lowest BCUT2D eigenvalue weighted by Crippen LogP contribution is -2.50. The average Bonchev–Trinajstić information content (AvgIpc) is 2.53. The molecule has 2 rings (SSSR count). The summed E-state index contributed by atoms with van der Waals surface area (Å²) in [4.78, 5) is 8.62. The third kappa shape index (κ3) is 3.26. The van der Waals surface area contributed by atoms with Gasteiger partial charge in [-0.3, -0.25) is 4.90 Å². The third-order valence-electron chi connectivity index (χ3n) is 3.69. The van der Waals surface area contributed by atoms with Crippen LogP contribution in [0.2, 0.25) is 0 Å². The van der Waals surface area contributed by atoms with Crippen LogP contribution in [-0.2, 0) is 0 Å². The molecule has 1 aromatic heterocycles. The topological polar surface area (TPSA) is 67.0 Å². The molecule has 0 aromatic carbocycles. The van der Waals surface area contributed by atoms with Crippen molar-refractivity contribution in [3.8, 4) is 12.1 Å². The lowest BCUT2D eigenvalue weighted by molar-refractivity contribution is 0.211. The van der Waals surface area contributed by atoms with Crippen LogP contribution in [0.5, 0.6) is 0 Å². The van der Waals surface area contributed by atoms with Gasteiger partial charge in [-0.1, -0.05) is 13.3 Å². The van der Waals surface area contributed by atoms with E-state index in [0.29, 0.717) is 5.69 Å². The molecule has 104 valence electrons. The monoisotopic (exact) mass is 269 g/mol. The number of aromatic nitrogens is 1. The molecule has 0 aliphatic carbocycles. The summed E-state index contributed by atoms with van der Waals surface area (Å²) in [6.45, 7) is 5.71. The molecule has 20 heavy (non-hydrogen) atoms. The van der Waals surface area contributed by atoms with Gasteiger partial charge >= 0.3 is 0 Å². The van der Waals surface area contributed by atoms with E-state index in [1.54, 1.807) is 12.3 Å². The lowest BCUT2D eigenvalue weighted by Gasteiger charge is -2.37. The molecule has 0 amide bonds. The number of hydrogen-bond acceptors (Lipinski definition) is 5. The van der Waals surface area contributed by atoms with Gasteiger partial charge in [0.2, 0.25) is 0 Å². The van der Waals surface area contributed by atoms with Gasteiger partial charge in [0.05, 0.1) is 24.0 Å². The van der Waals surface area contributed by atoms with Crippen LogP contribution in [0.3, 0.4) is 0 Å². The van der Waals surface area contributed by atoms with Crippen LogP contribution < -0.4 is 4.90 Å². The number of rotatable bonds is 4. The largest absolute Gasteiger partial charge is 0.368 e. The third-order valence-corrected chi connectivity index (χ3v) is 3.69. The maximum Gasteiger partial charge on any atom is 0.140 e. The normalized spacial score (nSPS) is 17.2. The average molecular weight is 269 g/mol. The minimum absolute atomic E-state index is 0.0428. The Kier molecular flexibility index (Phi) is 4.92. The predicted molar refractivity (Wildman–Crippen MR) is 77.0 cm³/mol. The van der Waals surface area contributed by atoms with E-state index in [1.165, 1.54) is 0 Å². The van der Waals surface area contributed by atoms with Crippen molar-refractivity contribution in [2.24, 2.45) is 0 Å². The van der Waals surface area contributed by atoms with Crippen molar-refractivity contribution >= 4 is 5.69 Å². The smallest absolute Gasteiger partial charge is 0.140 e. The summed E-state index contributed by atoms with van der Waals surface area (Å²) in [7, 11) is 0. The van der Waals surface area contributed by atoms with Crippen molar-refractivity contribution in [2.75, 3.05) is 31.1 Å². The predicted octanol–water partition coefficient (Wildman–Crippen LogP) is 1.77. The van der Waals surface area contributed by atoms with Crippen LogP contribution >= 0.6 is 0 Å². The Balaban J connectivity index is 1.93. The van der Waals surface area contributed by atoms with E-state index in [9.17, 15) is 5.26 Å². The maximum atomic E-state index is 9.20. The van der Waals surface area contributed by atoms with Gasteiger partial charge in [0, 0.05) is 26.2 Å². The summed E-state index contributed by atoms with van der Waals surface area (Å²) >= 11 is 0. The highest BCUT2D eigenvalue weighted by Gasteiger charge is 2.23. The van der Waals surface area contributed by atoms with Crippen molar-refractivity contribution in [1.82, 2.24) is 9.88 Å². The molecular weight excluding hydrogens is 250 g/mol. The first-order valence-corrected chi connectivity index (χ1v) is 7.03. The first-order chi connectivity index (χ1) is 9.78. The van der Waals surface area contributed by atoms with Crippen LogP contribution in [0, 0.1) is 22.7 Å². The van der Waals surface area contributed by atoms with Crippen LogP contribution in [0.4, 0.5) is 5.69 Å². The summed E-state index contributed by atoms with van der Waals surface area (Å²) < 4.78 is 0. The summed E-state index contributed by atoms with van der Waals surface area (Å²) in [5, 5.41) is 18.0. The number of hydrogen-bond donors (Lipinski definition) is 0. The van der Waals surface area contributed by atoms with Gasteiger partial charge in [-0.15, -0.1) is 0 Å².